The molecule has 0 saturated heterocycles. The molecular formula is C13H17NO4Si. The number of ketones is 1. The Morgan fingerprint density at radius 1 is 1.26 bits per heavy atom. The minimum absolute atomic E-state index is 0.0129. The second-order valence-electron chi connectivity index (χ2n) is 5.14. The van der Waals surface area contributed by atoms with Gasteiger partial charge in [-0.25, -0.2) is 0 Å². The summed E-state index contributed by atoms with van der Waals surface area (Å²) in [6.07, 6.45) is 1.42. The zero-order valence-electron chi connectivity index (χ0n) is 11.5. The molecule has 0 aliphatic rings. The fourth-order valence-corrected chi connectivity index (χ4v) is 2.27. The summed E-state index contributed by atoms with van der Waals surface area (Å²) >= 11 is 0. The Labute approximate surface area is 113 Å². The van der Waals surface area contributed by atoms with Crippen LogP contribution in [0.2, 0.25) is 19.6 Å². The van der Waals surface area contributed by atoms with Crippen LogP contribution in [0.25, 0.3) is 5.76 Å². The highest BCUT2D eigenvalue weighted by Gasteiger charge is 2.19. The zero-order chi connectivity index (χ0) is 14.6. The number of allylic oxidation sites excluding steroid dienone is 1. The van der Waals surface area contributed by atoms with Crippen LogP contribution in [0.5, 0.6) is 0 Å². The summed E-state index contributed by atoms with van der Waals surface area (Å²) in [6, 6.07) is 5.98. The van der Waals surface area contributed by atoms with Gasteiger partial charge in [-0.3, -0.25) is 14.9 Å². The predicted octanol–water partition coefficient (Wildman–Crippen LogP) is 3.38. The van der Waals surface area contributed by atoms with E-state index in [4.69, 9.17) is 4.43 Å². The number of benzene rings is 1. The Morgan fingerprint density at radius 3 is 2.16 bits per heavy atom. The average molecular weight is 279 g/mol. The van der Waals surface area contributed by atoms with E-state index in [2.05, 4.69) is 0 Å². The van der Waals surface area contributed by atoms with Crippen molar-refractivity contribution < 1.29 is 14.1 Å². The third-order valence-corrected chi connectivity index (χ3v) is 2.95. The second-order valence-corrected chi connectivity index (χ2v) is 9.57. The number of non-ortho nitro benzene ring substituents is 1. The van der Waals surface area contributed by atoms with E-state index in [-0.39, 0.29) is 11.5 Å². The molecule has 0 aliphatic heterocycles. The van der Waals surface area contributed by atoms with Crippen molar-refractivity contribution in [2.75, 3.05) is 0 Å². The lowest BCUT2D eigenvalue weighted by molar-refractivity contribution is -0.384. The summed E-state index contributed by atoms with van der Waals surface area (Å²) in [6.45, 7) is 7.46. The number of hydrogen-bond acceptors (Lipinski definition) is 4. The first-order valence-corrected chi connectivity index (χ1v) is 9.26. The number of carbonyl (C=O) groups is 1. The molecule has 0 amide bonds. The van der Waals surface area contributed by atoms with Gasteiger partial charge in [0.05, 0.1) is 4.92 Å². The molecular weight excluding hydrogens is 262 g/mol. The van der Waals surface area contributed by atoms with E-state index < -0.39 is 13.2 Å². The van der Waals surface area contributed by atoms with E-state index in [1.807, 2.05) is 19.6 Å². The topological polar surface area (TPSA) is 69.4 Å². The van der Waals surface area contributed by atoms with E-state index >= 15 is 0 Å². The molecule has 0 fully saturated rings. The Balaban J connectivity index is 3.11. The van der Waals surface area contributed by atoms with Crippen molar-refractivity contribution in [2.45, 2.75) is 26.6 Å². The highest BCUT2D eigenvalue weighted by atomic mass is 28.4. The van der Waals surface area contributed by atoms with Crippen molar-refractivity contribution in [3.05, 3.63) is 46.0 Å². The third kappa shape index (κ3) is 5.05. The first-order chi connectivity index (χ1) is 8.69. The van der Waals surface area contributed by atoms with Crippen LogP contribution in [0, 0.1) is 10.1 Å². The maximum Gasteiger partial charge on any atom is 0.269 e. The molecule has 6 heteroatoms. The minimum Gasteiger partial charge on any atom is -0.544 e. The smallest absolute Gasteiger partial charge is 0.269 e. The van der Waals surface area contributed by atoms with Gasteiger partial charge in [-0.15, -0.1) is 0 Å². The number of nitrogens with zero attached hydrogens (tertiary/aromatic N) is 1. The average Bonchev–Trinajstić information content (AvgIpc) is 2.25. The molecule has 0 heterocycles. The van der Waals surface area contributed by atoms with Crippen LogP contribution < -0.4 is 0 Å². The van der Waals surface area contributed by atoms with Gasteiger partial charge in [0.2, 0.25) is 8.32 Å². The molecule has 0 N–H and O–H groups in total. The van der Waals surface area contributed by atoms with Crippen LogP contribution in [0.15, 0.2) is 30.3 Å². The molecule has 5 nitrogen and oxygen atoms in total. The molecule has 0 atom stereocenters. The molecule has 0 spiro atoms. The van der Waals surface area contributed by atoms with Crippen molar-refractivity contribution in [2.24, 2.45) is 0 Å². The quantitative estimate of drug-likeness (QED) is 0.272. The Kier molecular flexibility index (Phi) is 4.60. The highest BCUT2D eigenvalue weighted by molar-refractivity contribution is 6.70. The van der Waals surface area contributed by atoms with Gasteiger partial charge in [-0.2, -0.15) is 0 Å². The van der Waals surface area contributed by atoms with Crippen LogP contribution >= 0.6 is 0 Å². The molecule has 1 rings (SSSR count). The van der Waals surface area contributed by atoms with Crippen molar-refractivity contribution >= 4 is 25.5 Å². The Bertz CT molecular complexity index is 514. The van der Waals surface area contributed by atoms with E-state index in [0.717, 1.165) is 0 Å². The lowest BCUT2D eigenvalue weighted by Gasteiger charge is -2.21. The van der Waals surface area contributed by atoms with E-state index in [0.29, 0.717) is 11.3 Å². The Hall–Kier alpha value is -1.95. The first-order valence-electron chi connectivity index (χ1n) is 5.85. The summed E-state index contributed by atoms with van der Waals surface area (Å²) in [5.41, 5.74) is 0.683. The summed E-state index contributed by atoms with van der Waals surface area (Å²) in [4.78, 5) is 21.4. The van der Waals surface area contributed by atoms with E-state index in [1.54, 1.807) is 12.1 Å². The Morgan fingerprint density at radius 2 is 1.79 bits per heavy atom. The molecule has 19 heavy (non-hydrogen) atoms. The molecule has 1 aromatic rings. The van der Waals surface area contributed by atoms with Gasteiger partial charge in [-0.05, 0) is 38.7 Å². The van der Waals surface area contributed by atoms with Gasteiger partial charge in [0, 0.05) is 23.8 Å². The van der Waals surface area contributed by atoms with Gasteiger partial charge in [0.15, 0.2) is 5.78 Å². The predicted molar refractivity (Wildman–Crippen MR) is 76.2 cm³/mol. The molecule has 0 radical (unpaired) electrons. The number of hydrogen-bond donors (Lipinski definition) is 0. The van der Waals surface area contributed by atoms with Crippen molar-refractivity contribution in [3.63, 3.8) is 0 Å². The summed E-state index contributed by atoms with van der Waals surface area (Å²) in [7, 11) is -1.86. The summed E-state index contributed by atoms with van der Waals surface area (Å²) < 4.78 is 5.84. The fraction of sp³-hybridized carbons (Fsp3) is 0.308. The standard InChI is InChI=1S/C13H17NO4Si/c1-10(15)9-13(18-19(2,3)4)11-5-7-12(8-6-11)14(16)17/h5-9H,1-4H3/b13-9+. The van der Waals surface area contributed by atoms with Crippen molar-refractivity contribution in [1.82, 2.24) is 0 Å². The molecule has 0 aliphatic carbocycles. The van der Waals surface area contributed by atoms with Crippen molar-refractivity contribution in [1.29, 1.82) is 0 Å². The zero-order valence-corrected chi connectivity index (χ0v) is 12.5. The maximum atomic E-state index is 11.2. The monoisotopic (exact) mass is 279 g/mol. The van der Waals surface area contributed by atoms with Crippen molar-refractivity contribution in [3.8, 4) is 0 Å². The number of nitro benzene ring substituents is 1. The van der Waals surface area contributed by atoms with Crippen LogP contribution in [-0.4, -0.2) is 19.0 Å². The van der Waals surface area contributed by atoms with Crippen LogP contribution in [0.4, 0.5) is 5.69 Å². The van der Waals surface area contributed by atoms with E-state index in [1.165, 1.54) is 25.1 Å². The summed E-state index contributed by atoms with van der Waals surface area (Å²) in [5.74, 6) is 0.355. The SMILES string of the molecule is CC(=O)/C=C(/O[Si](C)(C)C)c1ccc([N+](=O)[O-])cc1. The fourth-order valence-electron chi connectivity index (χ4n) is 1.43. The number of rotatable bonds is 5. The van der Waals surface area contributed by atoms with Gasteiger partial charge in [0.1, 0.15) is 5.76 Å². The van der Waals surface area contributed by atoms with E-state index in [9.17, 15) is 14.9 Å². The second kappa shape index (κ2) is 5.79. The largest absolute Gasteiger partial charge is 0.544 e. The van der Waals surface area contributed by atoms with Crippen LogP contribution in [0.1, 0.15) is 12.5 Å². The number of carbonyl (C=O) groups excluding carboxylic acids is 1. The molecule has 1 aromatic carbocycles. The lowest BCUT2D eigenvalue weighted by atomic mass is 10.1. The van der Waals surface area contributed by atoms with Crippen LogP contribution in [0.3, 0.4) is 0 Å². The first kappa shape index (κ1) is 15.1. The van der Waals surface area contributed by atoms with Gasteiger partial charge in [0.25, 0.3) is 5.69 Å². The minimum atomic E-state index is -1.86. The molecule has 0 unspecified atom stereocenters. The highest BCUT2D eigenvalue weighted by Crippen LogP contribution is 2.23. The normalized spacial score (nSPS) is 12.1. The maximum absolute atomic E-state index is 11.2. The molecule has 0 saturated carbocycles. The lowest BCUT2D eigenvalue weighted by Crippen LogP contribution is -2.24. The molecule has 0 aromatic heterocycles. The van der Waals surface area contributed by atoms with Gasteiger partial charge < -0.3 is 4.43 Å². The third-order valence-electron chi connectivity index (χ3n) is 2.11. The van der Waals surface area contributed by atoms with Gasteiger partial charge in [-0.1, -0.05) is 0 Å². The van der Waals surface area contributed by atoms with Crippen LogP contribution in [-0.2, 0) is 9.22 Å². The summed E-state index contributed by atoms with van der Waals surface area (Å²) in [5, 5.41) is 10.6. The molecule has 0 bridgehead atoms. The number of nitro groups is 1. The van der Waals surface area contributed by atoms with Gasteiger partial charge >= 0.3 is 0 Å². The molecule has 102 valence electrons.